The number of carbonyl (C=O) groups excluding carboxylic acids is 1. The number of urea groups is 1. The van der Waals surface area contributed by atoms with E-state index in [4.69, 9.17) is 4.74 Å². The predicted octanol–water partition coefficient (Wildman–Crippen LogP) is 1.84. The third-order valence-corrected chi connectivity index (χ3v) is 4.83. The molecule has 2 N–H and O–H groups in total. The lowest BCUT2D eigenvalue weighted by molar-refractivity contribution is -0.148. The van der Waals surface area contributed by atoms with Gasteiger partial charge in [0, 0.05) is 31.8 Å². The maximum atomic E-state index is 12.4. The van der Waals surface area contributed by atoms with Crippen molar-refractivity contribution in [3.05, 3.63) is 0 Å². The van der Waals surface area contributed by atoms with Gasteiger partial charge in [-0.1, -0.05) is 13.3 Å². The summed E-state index contributed by atoms with van der Waals surface area (Å²) in [4.78, 5) is 25.6. The average Bonchev–Trinajstić information content (AvgIpc) is 2.85. The number of hydrogen-bond acceptors (Lipinski definition) is 3. The van der Waals surface area contributed by atoms with E-state index in [9.17, 15) is 14.7 Å². The Kier molecular flexibility index (Phi) is 4.76. The molecule has 0 radical (unpaired) electrons. The fourth-order valence-corrected chi connectivity index (χ4v) is 3.29. The lowest BCUT2D eigenvalue weighted by Crippen LogP contribution is -2.54. The van der Waals surface area contributed by atoms with Crippen molar-refractivity contribution in [2.45, 2.75) is 51.5 Å². The van der Waals surface area contributed by atoms with E-state index >= 15 is 0 Å². The Labute approximate surface area is 125 Å². The van der Waals surface area contributed by atoms with E-state index in [-0.39, 0.29) is 11.6 Å². The zero-order valence-corrected chi connectivity index (χ0v) is 13.0. The van der Waals surface area contributed by atoms with E-state index in [1.807, 2.05) is 13.8 Å². The number of likely N-dealkylation sites (tertiary alicyclic amines) is 1. The lowest BCUT2D eigenvalue weighted by Gasteiger charge is -2.36. The van der Waals surface area contributed by atoms with Gasteiger partial charge >= 0.3 is 12.0 Å². The fourth-order valence-electron chi connectivity index (χ4n) is 3.29. The number of amides is 2. The van der Waals surface area contributed by atoms with Gasteiger partial charge in [0.25, 0.3) is 0 Å². The molecule has 0 aliphatic carbocycles. The maximum absolute atomic E-state index is 12.4. The first-order valence-corrected chi connectivity index (χ1v) is 7.79. The normalized spacial score (nSPS) is 28.4. The summed E-state index contributed by atoms with van der Waals surface area (Å²) in [5, 5.41) is 12.6. The Morgan fingerprint density at radius 1 is 1.29 bits per heavy atom. The SMILES string of the molecule is CCCC1(C(=O)O)CCN(C(=O)NC2(C)CCOCC2)C1. The van der Waals surface area contributed by atoms with Gasteiger partial charge in [0.2, 0.25) is 0 Å². The quantitative estimate of drug-likeness (QED) is 0.830. The van der Waals surface area contributed by atoms with Crippen LogP contribution in [0.3, 0.4) is 0 Å². The molecule has 0 aromatic heterocycles. The fraction of sp³-hybridized carbons (Fsp3) is 0.867. The zero-order chi connectivity index (χ0) is 15.5. The number of hydrogen-bond donors (Lipinski definition) is 2. The molecule has 2 amide bonds. The van der Waals surface area contributed by atoms with Crippen molar-refractivity contribution in [2.24, 2.45) is 5.41 Å². The van der Waals surface area contributed by atoms with Gasteiger partial charge in [0.1, 0.15) is 0 Å². The van der Waals surface area contributed by atoms with Crippen molar-refractivity contribution in [1.82, 2.24) is 10.2 Å². The molecule has 2 saturated heterocycles. The third-order valence-electron chi connectivity index (χ3n) is 4.83. The number of carbonyl (C=O) groups is 2. The van der Waals surface area contributed by atoms with Crippen molar-refractivity contribution < 1.29 is 19.4 Å². The van der Waals surface area contributed by atoms with E-state index in [0.717, 1.165) is 19.3 Å². The minimum absolute atomic E-state index is 0.140. The number of ether oxygens (including phenoxy) is 1. The molecular weight excluding hydrogens is 272 g/mol. The Hall–Kier alpha value is -1.30. The van der Waals surface area contributed by atoms with Gasteiger partial charge in [-0.3, -0.25) is 4.79 Å². The monoisotopic (exact) mass is 298 g/mol. The second-order valence-corrected chi connectivity index (χ2v) is 6.61. The smallest absolute Gasteiger partial charge is 0.317 e. The molecule has 2 heterocycles. The summed E-state index contributed by atoms with van der Waals surface area (Å²) in [5.74, 6) is -0.781. The number of aliphatic carboxylic acids is 1. The molecule has 0 aromatic carbocycles. The van der Waals surface area contributed by atoms with Crippen molar-refractivity contribution in [3.8, 4) is 0 Å². The molecule has 120 valence electrons. The predicted molar refractivity (Wildman–Crippen MR) is 78.2 cm³/mol. The summed E-state index contributed by atoms with van der Waals surface area (Å²) in [6.07, 6.45) is 3.58. The molecule has 1 unspecified atom stereocenters. The second kappa shape index (κ2) is 6.22. The van der Waals surface area contributed by atoms with Gasteiger partial charge < -0.3 is 20.1 Å². The van der Waals surface area contributed by atoms with Crippen LogP contribution >= 0.6 is 0 Å². The van der Waals surface area contributed by atoms with Gasteiger partial charge in [-0.25, -0.2) is 4.79 Å². The van der Waals surface area contributed by atoms with E-state index < -0.39 is 11.4 Å². The molecule has 0 aromatic rings. The minimum Gasteiger partial charge on any atom is -0.481 e. The van der Waals surface area contributed by atoms with Crippen LogP contribution in [0.15, 0.2) is 0 Å². The summed E-state index contributed by atoms with van der Waals surface area (Å²) in [7, 11) is 0. The van der Waals surface area contributed by atoms with Gasteiger partial charge in [-0.15, -0.1) is 0 Å². The van der Waals surface area contributed by atoms with Crippen molar-refractivity contribution >= 4 is 12.0 Å². The van der Waals surface area contributed by atoms with E-state index in [0.29, 0.717) is 39.1 Å². The first-order chi connectivity index (χ1) is 9.91. The summed E-state index contributed by atoms with van der Waals surface area (Å²) >= 11 is 0. The van der Waals surface area contributed by atoms with E-state index in [1.165, 1.54) is 0 Å². The van der Waals surface area contributed by atoms with Crippen LogP contribution in [0.2, 0.25) is 0 Å². The number of carboxylic acids is 1. The number of nitrogens with one attached hydrogen (secondary N) is 1. The molecule has 6 heteroatoms. The molecule has 0 bridgehead atoms. The maximum Gasteiger partial charge on any atom is 0.317 e. The minimum atomic E-state index is -0.781. The Morgan fingerprint density at radius 3 is 2.52 bits per heavy atom. The molecule has 2 aliphatic rings. The highest BCUT2D eigenvalue weighted by Crippen LogP contribution is 2.35. The van der Waals surface area contributed by atoms with Crippen LogP contribution in [0.5, 0.6) is 0 Å². The standard InChI is InChI=1S/C15H26N2O4/c1-3-4-15(12(18)19)5-8-17(11-15)13(20)16-14(2)6-9-21-10-7-14/h3-11H2,1-2H3,(H,16,20)(H,18,19). The van der Waals surface area contributed by atoms with Crippen LogP contribution in [0, 0.1) is 5.41 Å². The third kappa shape index (κ3) is 3.48. The van der Waals surface area contributed by atoms with Crippen LogP contribution in [0.1, 0.15) is 46.0 Å². The van der Waals surface area contributed by atoms with Crippen LogP contribution < -0.4 is 5.32 Å². The Bertz CT molecular complexity index is 406. The molecule has 0 spiro atoms. The van der Waals surface area contributed by atoms with Crippen LogP contribution in [0.4, 0.5) is 4.79 Å². The summed E-state index contributed by atoms with van der Waals surface area (Å²) in [6, 6.07) is -0.140. The topological polar surface area (TPSA) is 78.9 Å². The highest BCUT2D eigenvalue weighted by atomic mass is 16.5. The molecule has 1 atom stereocenters. The van der Waals surface area contributed by atoms with Gasteiger partial charge in [-0.2, -0.15) is 0 Å². The number of nitrogens with zero attached hydrogens (tertiary/aromatic N) is 1. The first-order valence-electron chi connectivity index (χ1n) is 7.79. The number of carboxylic acid groups (broad SMARTS) is 1. The van der Waals surface area contributed by atoms with Crippen LogP contribution in [0.25, 0.3) is 0 Å². The summed E-state index contributed by atoms with van der Waals surface area (Å²) in [5.41, 5.74) is -1.00. The summed E-state index contributed by atoms with van der Waals surface area (Å²) < 4.78 is 5.33. The zero-order valence-electron chi connectivity index (χ0n) is 13.0. The van der Waals surface area contributed by atoms with Crippen molar-refractivity contribution in [1.29, 1.82) is 0 Å². The van der Waals surface area contributed by atoms with Crippen LogP contribution in [-0.2, 0) is 9.53 Å². The molecule has 0 saturated carbocycles. The molecule has 21 heavy (non-hydrogen) atoms. The summed E-state index contributed by atoms with van der Waals surface area (Å²) in [6.45, 7) is 6.16. The van der Waals surface area contributed by atoms with Gasteiger partial charge in [0.05, 0.1) is 5.41 Å². The first kappa shape index (κ1) is 16.1. The van der Waals surface area contributed by atoms with E-state index in [1.54, 1.807) is 4.90 Å². The molecule has 2 fully saturated rings. The van der Waals surface area contributed by atoms with E-state index in [2.05, 4.69) is 5.32 Å². The Morgan fingerprint density at radius 2 is 1.95 bits per heavy atom. The van der Waals surface area contributed by atoms with Crippen LogP contribution in [-0.4, -0.2) is 53.8 Å². The van der Waals surface area contributed by atoms with Crippen molar-refractivity contribution in [3.63, 3.8) is 0 Å². The van der Waals surface area contributed by atoms with Gasteiger partial charge in [0.15, 0.2) is 0 Å². The molecule has 2 rings (SSSR count). The largest absolute Gasteiger partial charge is 0.481 e. The highest BCUT2D eigenvalue weighted by Gasteiger charge is 2.46. The Balaban J connectivity index is 1.96. The van der Waals surface area contributed by atoms with Crippen molar-refractivity contribution in [2.75, 3.05) is 26.3 Å². The van der Waals surface area contributed by atoms with Gasteiger partial charge in [-0.05, 0) is 32.6 Å². The average molecular weight is 298 g/mol. The molecular formula is C15H26N2O4. The number of rotatable bonds is 4. The molecule has 6 nitrogen and oxygen atoms in total. The lowest BCUT2D eigenvalue weighted by atomic mass is 9.83. The highest BCUT2D eigenvalue weighted by molar-refractivity contribution is 5.80. The molecule has 2 aliphatic heterocycles. The second-order valence-electron chi connectivity index (χ2n) is 6.61.